The van der Waals surface area contributed by atoms with Crippen LogP contribution in [-0.4, -0.2) is 52.8 Å². The molecule has 1 atom stereocenters. The Hall–Kier alpha value is -2.25. The van der Waals surface area contributed by atoms with Crippen molar-refractivity contribution in [2.75, 3.05) is 26.2 Å². The summed E-state index contributed by atoms with van der Waals surface area (Å²) in [5.74, 6) is -0.278. The Kier molecular flexibility index (Phi) is 5.22. The van der Waals surface area contributed by atoms with E-state index in [2.05, 4.69) is 15.3 Å². The molecule has 0 aliphatic carbocycles. The number of nitrogens with zero attached hydrogens (tertiary/aromatic N) is 3. The molecule has 2 aliphatic rings. The smallest absolute Gasteiger partial charge is 0.339 e. The molecule has 1 fully saturated rings. The number of rotatable bonds is 4. The SMILES string of the molecule is Cc1nc(CN2CCCN(C(=O)CC3OC(=O)c4ccccc43)CC2)cs1. The maximum Gasteiger partial charge on any atom is 0.339 e. The van der Waals surface area contributed by atoms with Crippen LogP contribution in [-0.2, 0) is 16.1 Å². The fraction of sp³-hybridized carbons (Fsp3) is 0.450. The van der Waals surface area contributed by atoms with Gasteiger partial charge in [-0.1, -0.05) is 18.2 Å². The van der Waals surface area contributed by atoms with E-state index in [0.717, 1.165) is 48.9 Å². The first-order chi connectivity index (χ1) is 13.1. The Balaban J connectivity index is 1.34. The molecule has 4 rings (SSSR count). The summed E-state index contributed by atoms with van der Waals surface area (Å²) in [6, 6.07) is 7.32. The number of carbonyl (C=O) groups excluding carboxylic acids is 2. The number of aromatic nitrogens is 1. The van der Waals surface area contributed by atoms with Crippen molar-refractivity contribution >= 4 is 23.2 Å². The van der Waals surface area contributed by atoms with Gasteiger partial charge in [-0.3, -0.25) is 9.69 Å². The Labute approximate surface area is 162 Å². The first-order valence-corrected chi connectivity index (χ1v) is 10.2. The van der Waals surface area contributed by atoms with Gasteiger partial charge in [0.15, 0.2) is 0 Å². The average molecular weight is 385 g/mol. The number of esters is 1. The van der Waals surface area contributed by atoms with Gasteiger partial charge in [0.25, 0.3) is 0 Å². The molecule has 0 spiro atoms. The lowest BCUT2D eigenvalue weighted by molar-refractivity contribution is -0.133. The van der Waals surface area contributed by atoms with E-state index in [1.165, 1.54) is 0 Å². The number of cyclic esters (lactones) is 1. The van der Waals surface area contributed by atoms with E-state index in [0.29, 0.717) is 12.1 Å². The molecule has 0 bridgehead atoms. The molecule has 3 heterocycles. The molecule has 1 unspecified atom stereocenters. The van der Waals surface area contributed by atoms with Crippen molar-refractivity contribution in [3.8, 4) is 0 Å². The summed E-state index contributed by atoms with van der Waals surface area (Å²) >= 11 is 1.67. The molecule has 0 saturated carbocycles. The molecule has 27 heavy (non-hydrogen) atoms. The van der Waals surface area contributed by atoms with E-state index >= 15 is 0 Å². The second-order valence-electron chi connectivity index (χ2n) is 7.05. The normalized spacial score (nSPS) is 20.3. The molecule has 1 aromatic carbocycles. The van der Waals surface area contributed by atoms with Crippen molar-refractivity contribution in [3.05, 3.63) is 51.5 Å². The van der Waals surface area contributed by atoms with Gasteiger partial charge in [0.05, 0.1) is 22.7 Å². The number of aryl methyl sites for hydroxylation is 1. The van der Waals surface area contributed by atoms with E-state index < -0.39 is 6.10 Å². The van der Waals surface area contributed by atoms with Crippen molar-refractivity contribution in [1.82, 2.24) is 14.8 Å². The summed E-state index contributed by atoms with van der Waals surface area (Å²) in [6.45, 7) is 6.09. The van der Waals surface area contributed by atoms with Crippen molar-refractivity contribution < 1.29 is 14.3 Å². The van der Waals surface area contributed by atoms with Gasteiger partial charge < -0.3 is 9.64 Å². The fourth-order valence-electron chi connectivity index (χ4n) is 3.75. The predicted molar refractivity (Wildman–Crippen MR) is 103 cm³/mol. The lowest BCUT2D eigenvalue weighted by Gasteiger charge is -2.23. The van der Waals surface area contributed by atoms with Gasteiger partial charge in [0, 0.05) is 43.7 Å². The van der Waals surface area contributed by atoms with Crippen LogP contribution < -0.4 is 0 Å². The molecule has 6 nitrogen and oxygen atoms in total. The highest BCUT2D eigenvalue weighted by molar-refractivity contribution is 7.09. The summed E-state index contributed by atoms with van der Waals surface area (Å²) < 4.78 is 5.42. The van der Waals surface area contributed by atoms with Gasteiger partial charge in [0.2, 0.25) is 5.91 Å². The van der Waals surface area contributed by atoms with Gasteiger partial charge >= 0.3 is 5.97 Å². The Bertz CT molecular complexity index is 851. The van der Waals surface area contributed by atoms with Crippen LogP contribution in [0.2, 0.25) is 0 Å². The van der Waals surface area contributed by atoms with Crippen LogP contribution in [0.25, 0.3) is 0 Å². The van der Waals surface area contributed by atoms with Gasteiger partial charge in [-0.05, 0) is 19.4 Å². The number of hydrogen-bond acceptors (Lipinski definition) is 6. The highest BCUT2D eigenvalue weighted by Gasteiger charge is 2.33. The molecular weight excluding hydrogens is 362 g/mol. The molecule has 2 aromatic rings. The molecule has 142 valence electrons. The molecule has 2 aliphatic heterocycles. The van der Waals surface area contributed by atoms with Crippen molar-refractivity contribution in [3.63, 3.8) is 0 Å². The third-order valence-corrected chi connectivity index (χ3v) is 5.95. The number of ether oxygens (including phenoxy) is 1. The van der Waals surface area contributed by atoms with Crippen LogP contribution in [0, 0.1) is 6.92 Å². The highest BCUT2D eigenvalue weighted by atomic mass is 32.1. The zero-order valence-electron chi connectivity index (χ0n) is 15.4. The molecule has 1 aromatic heterocycles. The monoisotopic (exact) mass is 385 g/mol. The summed E-state index contributed by atoms with van der Waals surface area (Å²) in [4.78, 5) is 33.5. The molecule has 1 saturated heterocycles. The minimum absolute atomic E-state index is 0.0517. The van der Waals surface area contributed by atoms with E-state index in [1.807, 2.05) is 30.0 Å². The summed E-state index contributed by atoms with van der Waals surface area (Å²) in [5.41, 5.74) is 2.51. The maximum atomic E-state index is 12.8. The van der Waals surface area contributed by atoms with E-state index in [9.17, 15) is 9.59 Å². The maximum absolute atomic E-state index is 12.8. The highest BCUT2D eigenvalue weighted by Crippen LogP contribution is 2.33. The number of thiazole rings is 1. The average Bonchev–Trinajstić information content (AvgIpc) is 3.10. The molecule has 1 amide bonds. The lowest BCUT2D eigenvalue weighted by atomic mass is 10.0. The van der Waals surface area contributed by atoms with Crippen LogP contribution >= 0.6 is 11.3 Å². The zero-order valence-corrected chi connectivity index (χ0v) is 16.2. The second kappa shape index (κ2) is 7.78. The van der Waals surface area contributed by atoms with E-state index in [-0.39, 0.29) is 18.3 Å². The Morgan fingerprint density at radius 2 is 2.11 bits per heavy atom. The number of hydrogen-bond donors (Lipinski definition) is 0. The number of carbonyl (C=O) groups is 2. The number of benzene rings is 1. The third kappa shape index (κ3) is 4.04. The largest absolute Gasteiger partial charge is 0.453 e. The van der Waals surface area contributed by atoms with Crippen molar-refractivity contribution in [2.24, 2.45) is 0 Å². The van der Waals surface area contributed by atoms with Crippen LogP contribution in [0.1, 0.15) is 45.6 Å². The van der Waals surface area contributed by atoms with Gasteiger partial charge in [-0.15, -0.1) is 11.3 Å². The van der Waals surface area contributed by atoms with E-state index in [4.69, 9.17) is 4.74 Å². The molecule has 0 radical (unpaired) electrons. The minimum atomic E-state index is -0.460. The Morgan fingerprint density at radius 1 is 1.26 bits per heavy atom. The second-order valence-corrected chi connectivity index (χ2v) is 8.12. The first kappa shape index (κ1) is 18.1. The van der Waals surface area contributed by atoms with Crippen LogP contribution in [0.5, 0.6) is 0 Å². The number of amides is 1. The van der Waals surface area contributed by atoms with E-state index in [1.54, 1.807) is 17.4 Å². The lowest BCUT2D eigenvalue weighted by Crippen LogP contribution is -2.35. The van der Waals surface area contributed by atoms with Crippen molar-refractivity contribution in [2.45, 2.75) is 32.4 Å². The van der Waals surface area contributed by atoms with Crippen LogP contribution in [0.3, 0.4) is 0 Å². The van der Waals surface area contributed by atoms with Gasteiger partial charge in [-0.2, -0.15) is 0 Å². The standard InChI is InChI=1S/C20H23N3O3S/c1-14-21-15(13-27-14)12-22-7-4-8-23(10-9-22)19(24)11-18-16-5-2-3-6-17(16)20(25)26-18/h2-3,5-6,13,18H,4,7-12H2,1H3. The fourth-order valence-corrected chi connectivity index (χ4v) is 4.35. The minimum Gasteiger partial charge on any atom is -0.453 e. The Morgan fingerprint density at radius 3 is 2.93 bits per heavy atom. The zero-order chi connectivity index (χ0) is 18.8. The van der Waals surface area contributed by atoms with Gasteiger partial charge in [0.1, 0.15) is 6.10 Å². The first-order valence-electron chi connectivity index (χ1n) is 9.31. The summed E-state index contributed by atoms with van der Waals surface area (Å²) in [5, 5.41) is 3.19. The third-order valence-electron chi connectivity index (χ3n) is 5.13. The molecular formula is C20H23N3O3S. The summed E-state index contributed by atoms with van der Waals surface area (Å²) in [7, 11) is 0. The number of fused-ring (bicyclic) bond motifs is 1. The summed E-state index contributed by atoms with van der Waals surface area (Å²) in [6.07, 6.45) is 0.697. The van der Waals surface area contributed by atoms with Gasteiger partial charge in [-0.25, -0.2) is 9.78 Å². The van der Waals surface area contributed by atoms with Crippen molar-refractivity contribution in [1.29, 1.82) is 0 Å². The quantitative estimate of drug-likeness (QED) is 0.758. The van der Waals surface area contributed by atoms with Crippen LogP contribution in [0.4, 0.5) is 0 Å². The predicted octanol–water partition coefficient (Wildman–Crippen LogP) is 2.79. The molecule has 0 N–H and O–H groups in total. The topological polar surface area (TPSA) is 62.7 Å². The van der Waals surface area contributed by atoms with Crippen LogP contribution in [0.15, 0.2) is 29.6 Å². The molecule has 7 heteroatoms.